The molecule has 7 heteroatoms. The van der Waals surface area contributed by atoms with E-state index in [0.717, 1.165) is 0 Å². The van der Waals surface area contributed by atoms with Gasteiger partial charge in [0.25, 0.3) is 5.91 Å². The summed E-state index contributed by atoms with van der Waals surface area (Å²) in [5.41, 5.74) is 0.786. The van der Waals surface area contributed by atoms with Gasteiger partial charge in [0.05, 0.1) is 25.1 Å². The van der Waals surface area contributed by atoms with Crippen LogP contribution in [0, 0.1) is 0 Å². The van der Waals surface area contributed by atoms with Crippen molar-refractivity contribution in [3.05, 3.63) is 17.7 Å². The molecular weight excluding hydrogens is 260 g/mol. The summed E-state index contributed by atoms with van der Waals surface area (Å²) in [4.78, 5) is 22.3. The fourth-order valence-electron chi connectivity index (χ4n) is 1.73. The van der Waals surface area contributed by atoms with E-state index in [0.29, 0.717) is 11.5 Å². The van der Waals surface area contributed by atoms with Gasteiger partial charge in [0.15, 0.2) is 5.69 Å². The SMILES string of the molecule is CNc1cnc(C(C)C)nc1C(=O)N(CCO)CCO. The van der Waals surface area contributed by atoms with Gasteiger partial charge in [-0.2, -0.15) is 0 Å². The highest BCUT2D eigenvalue weighted by molar-refractivity contribution is 5.97. The number of aromatic nitrogens is 2. The summed E-state index contributed by atoms with van der Waals surface area (Å²) >= 11 is 0. The van der Waals surface area contributed by atoms with Gasteiger partial charge in [-0.25, -0.2) is 9.97 Å². The average Bonchev–Trinajstić information content (AvgIpc) is 2.45. The van der Waals surface area contributed by atoms with Gasteiger partial charge in [0.1, 0.15) is 5.82 Å². The predicted molar refractivity (Wildman–Crippen MR) is 75.7 cm³/mol. The van der Waals surface area contributed by atoms with Crippen LogP contribution in [0.1, 0.15) is 36.1 Å². The molecule has 7 nitrogen and oxygen atoms in total. The number of aliphatic hydroxyl groups is 2. The van der Waals surface area contributed by atoms with Crippen LogP contribution in [0.2, 0.25) is 0 Å². The van der Waals surface area contributed by atoms with Crippen LogP contribution in [-0.2, 0) is 0 Å². The maximum atomic E-state index is 12.5. The largest absolute Gasteiger partial charge is 0.395 e. The van der Waals surface area contributed by atoms with Crippen LogP contribution < -0.4 is 5.32 Å². The number of rotatable bonds is 7. The number of aliphatic hydroxyl groups excluding tert-OH is 2. The van der Waals surface area contributed by atoms with Crippen molar-refractivity contribution in [2.75, 3.05) is 38.7 Å². The zero-order chi connectivity index (χ0) is 15.1. The van der Waals surface area contributed by atoms with E-state index in [1.807, 2.05) is 13.8 Å². The number of amides is 1. The summed E-state index contributed by atoms with van der Waals surface area (Å²) in [6.07, 6.45) is 1.58. The molecule has 1 heterocycles. The lowest BCUT2D eigenvalue weighted by atomic mass is 10.2. The Morgan fingerprint density at radius 3 is 2.40 bits per heavy atom. The minimum atomic E-state index is -0.332. The maximum Gasteiger partial charge on any atom is 0.274 e. The number of hydrogen-bond donors (Lipinski definition) is 3. The molecule has 1 aromatic rings. The fourth-order valence-corrected chi connectivity index (χ4v) is 1.73. The van der Waals surface area contributed by atoms with Crippen LogP contribution in [-0.4, -0.2) is 64.3 Å². The van der Waals surface area contributed by atoms with Crippen molar-refractivity contribution in [2.24, 2.45) is 0 Å². The van der Waals surface area contributed by atoms with Crippen LogP contribution in [0.15, 0.2) is 6.20 Å². The summed E-state index contributed by atoms with van der Waals surface area (Å²) in [7, 11) is 1.69. The zero-order valence-corrected chi connectivity index (χ0v) is 12.1. The van der Waals surface area contributed by atoms with E-state index < -0.39 is 0 Å². The molecule has 3 N–H and O–H groups in total. The highest BCUT2D eigenvalue weighted by Gasteiger charge is 2.21. The lowest BCUT2D eigenvalue weighted by Gasteiger charge is -2.21. The second-order valence-corrected chi connectivity index (χ2v) is 4.63. The topological polar surface area (TPSA) is 98.6 Å². The Hall–Kier alpha value is -1.73. The fraction of sp³-hybridized carbons (Fsp3) is 0.615. The van der Waals surface area contributed by atoms with E-state index in [1.165, 1.54) is 4.90 Å². The Bertz CT molecular complexity index is 445. The van der Waals surface area contributed by atoms with Crippen LogP contribution >= 0.6 is 0 Å². The Labute approximate surface area is 118 Å². The second-order valence-electron chi connectivity index (χ2n) is 4.63. The number of anilines is 1. The first kappa shape index (κ1) is 16.3. The van der Waals surface area contributed by atoms with E-state index in [9.17, 15) is 4.79 Å². The van der Waals surface area contributed by atoms with Gasteiger partial charge in [-0.15, -0.1) is 0 Å². The molecule has 0 aliphatic rings. The molecule has 1 aromatic heterocycles. The number of carbonyl (C=O) groups is 1. The second kappa shape index (κ2) is 7.76. The van der Waals surface area contributed by atoms with E-state index in [2.05, 4.69) is 15.3 Å². The summed E-state index contributed by atoms with van der Waals surface area (Å²) < 4.78 is 0. The van der Waals surface area contributed by atoms with Crippen molar-refractivity contribution < 1.29 is 15.0 Å². The van der Waals surface area contributed by atoms with Crippen LogP contribution in [0.4, 0.5) is 5.69 Å². The van der Waals surface area contributed by atoms with E-state index in [4.69, 9.17) is 10.2 Å². The molecule has 20 heavy (non-hydrogen) atoms. The van der Waals surface area contributed by atoms with Crippen molar-refractivity contribution >= 4 is 11.6 Å². The molecule has 0 aromatic carbocycles. The number of hydrogen-bond acceptors (Lipinski definition) is 6. The molecule has 0 aliphatic carbocycles. The van der Waals surface area contributed by atoms with Gasteiger partial charge >= 0.3 is 0 Å². The normalized spacial score (nSPS) is 10.7. The summed E-state index contributed by atoms with van der Waals surface area (Å²) in [5.74, 6) is 0.360. The van der Waals surface area contributed by atoms with Crippen LogP contribution in [0.5, 0.6) is 0 Å². The predicted octanol–water partition coefficient (Wildman–Crippen LogP) is 0.0685. The molecule has 0 atom stereocenters. The first-order chi connectivity index (χ1) is 9.54. The van der Waals surface area contributed by atoms with Gasteiger partial charge in [-0.3, -0.25) is 4.79 Å². The molecule has 0 radical (unpaired) electrons. The first-order valence-electron chi connectivity index (χ1n) is 6.60. The van der Waals surface area contributed by atoms with Crippen molar-refractivity contribution in [2.45, 2.75) is 19.8 Å². The van der Waals surface area contributed by atoms with Crippen LogP contribution in [0.25, 0.3) is 0 Å². The molecule has 0 saturated heterocycles. The highest BCUT2D eigenvalue weighted by atomic mass is 16.3. The average molecular weight is 282 g/mol. The van der Waals surface area contributed by atoms with E-state index >= 15 is 0 Å². The van der Waals surface area contributed by atoms with E-state index in [-0.39, 0.29) is 43.8 Å². The smallest absolute Gasteiger partial charge is 0.274 e. The standard InChI is InChI=1S/C13H22N4O3/c1-9(2)12-15-8-10(14-3)11(16-12)13(20)17(4-6-18)5-7-19/h8-9,14,18-19H,4-7H2,1-3H3. The maximum absolute atomic E-state index is 12.5. The molecule has 0 saturated carbocycles. The van der Waals surface area contributed by atoms with Gasteiger partial charge in [0.2, 0.25) is 0 Å². The van der Waals surface area contributed by atoms with Gasteiger partial charge in [-0.1, -0.05) is 13.8 Å². The summed E-state index contributed by atoms with van der Waals surface area (Å²) in [6, 6.07) is 0. The minimum Gasteiger partial charge on any atom is -0.395 e. The Morgan fingerprint density at radius 2 is 1.95 bits per heavy atom. The molecule has 112 valence electrons. The molecule has 1 amide bonds. The lowest BCUT2D eigenvalue weighted by Crippen LogP contribution is -2.37. The molecule has 0 bridgehead atoms. The summed E-state index contributed by atoms with van der Waals surface area (Å²) in [6.45, 7) is 3.88. The summed E-state index contributed by atoms with van der Waals surface area (Å²) in [5, 5.41) is 20.9. The third-order valence-corrected chi connectivity index (χ3v) is 2.82. The molecule has 0 unspecified atom stereocenters. The van der Waals surface area contributed by atoms with Gasteiger partial charge < -0.3 is 20.4 Å². The first-order valence-corrected chi connectivity index (χ1v) is 6.60. The van der Waals surface area contributed by atoms with Crippen molar-refractivity contribution in [3.63, 3.8) is 0 Å². The monoisotopic (exact) mass is 282 g/mol. The minimum absolute atomic E-state index is 0.108. The molecular formula is C13H22N4O3. The molecule has 1 rings (SSSR count). The number of nitrogens with zero attached hydrogens (tertiary/aromatic N) is 3. The van der Waals surface area contributed by atoms with Gasteiger partial charge in [0, 0.05) is 26.1 Å². The quantitative estimate of drug-likeness (QED) is 0.654. The van der Waals surface area contributed by atoms with E-state index in [1.54, 1.807) is 13.2 Å². The third-order valence-electron chi connectivity index (χ3n) is 2.82. The van der Waals surface area contributed by atoms with Crippen molar-refractivity contribution in [1.29, 1.82) is 0 Å². The van der Waals surface area contributed by atoms with Crippen molar-refractivity contribution in [3.8, 4) is 0 Å². The lowest BCUT2D eigenvalue weighted by molar-refractivity contribution is 0.0679. The Kier molecular flexibility index (Phi) is 6.33. The number of nitrogens with one attached hydrogen (secondary N) is 1. The third kappa shape index (κ3) is 3.88. The highest BCUT2D eigenvalue weighted by Crippen LogP contribution is 2.17. The molecule has 0 spiro atoms. The van der Waals surface area contributed by atoms with Crippen molar-refractivity contribution in [1.82, 2.24) is 14.9 Å². The Balaban J connectivity index is 3.13. The molecule has 0 fully saturated rings. The Morgan fingerprint density at radius 1 is 1.35 bits per heavy atom. The van der Waals surface area contributed by atoms with Gasteiger partial charge in [-0.05, 0) is 0 Å². The zero-order valence-electron chi connectivity index (χ0n) is 12.1. The number of carbonyl (C=O) groups excluding carboxylic acids is 1. The van der Waals surface area contributed by atoms with Crippen LogP contribution in [0.3, 0.4) is 0 Å². The molecule has 0 aliphatic heterocycles.